The van der Waals surface area contributed by atoms with Crippen molar-refractivity contribution in [3.8, 4) is 0 Å². The Labute approximate surface area is 170 Å². The zero-order chi connectivity index (χ0) is 19.4. The summed E-state index contributed by atoms with van der Waals surface area (Å²) in [5, 5.41) is 6.21. The standard InChI is InChI=1S/C18H15Cl2N3O3S/c19-13-4-3-12(15(20)7-13)8-21-17(25)22-14-5-1-11(2-6-14)9-23-16(24)10-27-18(23)26/h1-7H,8-10H2,(H2,21,22,25). The van der Waals surface area contributed by atoms with E-state index >= 15 is 0 Å². The fourth-order valence-electron chi connectivity index (χ4n) is 2.43. The molecule has 2 aromatic carbocycles. The monoisotopic (exact) mass is 423 g/mol. The summed E-state index contributed by atoms with van der Waals surface area (Å²) in [4.78, 5) is 36.5. The molecule has 9 heteroatoms. The van der Waals surface area contributed by atoms with Crippen molar-refractivity contribution in [2.75, 3.05) is 11.1 Å². The molecule has 3 rings (SSSR count). The van der Waals surface area contributed by atoms with E-state index < -0.39 is 0 Å². The van der Waals surface area contributed by atoms with E-state index in [0.717, 1.165) is 22.9 Å². The van der Waals surface area contributed by atoms with Crippen molar-refractivity contribution >= 4 is 57.8 Å². The zero-order valence-corrected chi connectivity index (χ0v) is 16.3. The maximum atomic E-state index is 12.0. The van der Waals surface area contributed by atoms with E-state index in [-0.39, 0.29) is 36.0 Å². The van der Waals surface area contributed by atoms with Gasteiger partial charge in [-0.15, -0.1) is 0 Å². The summed E-state index contributed by atoms with van der Waals surface area (Å²) in [6, 6.07) is 11.6. The van der Waals surface area contributed by atoms with E-state index in [4.69, 9.17) is 23.2 Å². The van der Waals surface area contributed by atoms with Crippen LogP contribution in [0.15, 0.2) is 42.5 Å². The summed E-state index contributed by atoms with van der Waals surface area (Å²) < 4.78 is 0. The quantitative estimate of drug-likeness (QED) is 0.741. The lowest BCUT2D eigenvalue weighted by atomic mass is 10.2. The lowest BCUT2D eigenvalue weighted by Crippen LogP contribution is -2.28. The molecule has 2 aromatic rings. The molecular weight excluding hydrogens is 409 g/mol. The van der Waals surface area contributed by atoms with Crippen molar-refractivity contribution in [3.63, 3.8) is 0 Å². The third-order valence-electron chi connectivity index (χ3n) is 3.85. The molecule has 0 unspecified atom stereocenters. The number of urea groups is 1. The first-order chi connectivity index (χ1) is 12.9. The highest BCUT2D eigenvalue weighted by molar-refractivity contribution is 8.14. The molecule has 140 valence electrons. The molecule has 1 heterocycles. The van der Waals surface area contributed by atoms with Crippen LogP contribution in [0.25, 0.3) is 0 Å². The van der Waals surface area contributed by atoms with Gasteiger partial charge in [0.1, 0.15) is 0 Å². The van der Waals surface area contributed by atoms with E-state index in [1.54, 1.807) is 42.5 Å². The largest absolute Gasteiger partial charge is 0.334 e. The van der Waals surface area contributed by atoms with Gasteiger partial charge >= 0.3 is 6.03 Å². The van der Waals surface area contributed by atoms with Crippen molar-refractivity contribution in [1.82, 2.24) is 10.2 Å². The Bertz CT molecular complexity index is 874. The van der Waals surface area contributed by atoms with Crippen LogP contribution in [-0.4, -0.2) is 27.8 Å². The molecule has 1 fully saturated rings. The number of benzene rings is 2. The lowest BCUT2D eigenvalue weighted by molar-refractivity contribution is -0.125. The molecular formula is C18H15Cl2N3O3S. The lowest BCUT2D eigenvalue weighted by Gasteiger charge is -2.13. The molecule has 0 spiro atoms. The summed E-state index contributed by atoms with van der Waals surface area (Å²) in [6.45, 7) is 0.489. The van der Waals surface area contributed by atoms with Crippen molar-refractivity contribution in [1.29, 1.82) is 0 Å². The van der Waals surface area contributed by atoms with Crippen LogP contribution in [0.3, 0.4) is 0 Å². The summed E-state index contributed by atoms with van der Waals surface area (Å²) >= 11 is 12.9. The Morgan fingerprint density at radius 3 is 2.48 bits per heavy atom. The first kappa shape index (κ1) is 19.5. The topological polar surface area (TPSA) is 78.5 Å². The second-order valence-corrected chi connectivity index (χ2v) is 7.55. The molecule has 4 amide bonds. The highest BCUT2D eigenvalue weighted by atomic mass is 35.5. The van der Waals surface area contributed by atoms with Crippen LogP contribution < -0.4 is 10.6 Å². The van der Waals surface area contributed by atoms with E-state index in [9.17, 15) is 14.4 Å². The molecule has 27 heavy (non-hydrogen) atoms. The minimum Gasteiger partial charge on any atom is -0.334 e. The van der Waals surface area contributed by atoms with Gasteiger partial charge in [-0.2, -0.15) is 0 Å². The van der Waals surface area contributed by atoms with Crippen LogP contribution in [0.1, 0.15) is 11.1 Å². The van der Waals surface area contributed by atoms with Gasteiger partial charge in [0.05, 0.1) is 12.3 Å². The van der Waals surface area contributed by atoms with Crippen LogP contribution in [-0.2, 0) is 17.9 Å². The third-order valence-corrected chi connectivity index (χ3v) is 5.29. The van der Waals surface area contributed by atoms with Crippen molar-refractivity contribution in [3.05, 3.63) is 63.6 Å². The summed E-state index contributed by atoms with van der Waals surface area (Å²) in [6.07, 6.45) is 0. The molecule has 0 aromatic heterocycles. The Hall–Kier alpha value is -2.22. The SMILES string of the molecule is O=C(NCc1ccc(Cl)cc1Cl)Nc1ccc(CN2C(=O)CSC2=O)cc1. The average Bonchev–Trinajstić information content (AvgIpc) is 2.94. The maximum absolute atomic E-state index is 12.0. The minimum absolute atomic E-state index is 0.188. The van der Waals surface area contributed by atoms with Gasteiger partial charge in [0, 0.05) is 22.3 Å². The summed E-state index contributed by atoms with van der Waals surface area (Å²) in [7, 11) is 0. The summed E-state index contributed by atoms with van der Waals surface area (Å²) in [5.74, 6) is 0.00320. The minimum atomic E-state index is -0.380. The molecule has 1 aliphatic heterocycles. The van der Waals surface area contributed by atoms with Crippen molar-refractivity contribution in [2.24, 2.45) is 0 Å². The van der Waals surface area contributed by atoms with Crippen LogP contribution in [0, 0.1) is 0 Å². The van der Waals surface area contributed by atoms with Crippen LogP contribution in [0.2, 0.25) is 10.0 Å². The number of rotatable bonds is 5. The van der Waals surface area contributed by atoms with Crippen molar-refractivity contribution in [2.45, 2.75) is 13.1 Å². The summed E-state index contributed by atoms with van der Waals surface area (Å²) in [5.41, 5.74) is 2.15. The van der Waals surface area contributed by atoms with E-state index in [0.29, 0.717) is 15.7 Å². The second kappa shape index (κ2) is 8.65. The Kier molecular flexibility index (Phi) is 6.26. The fraction of sp³-hybridized carbons (Fsp3) is 0.167. The molecule has 0 radical (unpaired) electrons. The average molecular weight is 424 g/mol. The molecule has 0 bridgehead atoms. The normalized spacial score (nSPS) is 13.8. The maximum Gasteiger partial charge on any atom is 0.319 e. The predicted molar refractivity (Wildman–Crippen MR) is 107 cm³/mol. The van der Waals surface area contributed by atoms with E-state index in [1.165, 1.54) is 4.90 Å². The fourth-order valence-corrected chi connectivity index (χ4v) is 3.63. The Morgan fingerprint density at radius 2 is 1.85 bits per heavy atom. The van der Waals surface area contributed by atoms with Crippen molar-refractivity contribution < 1.29 is 14.4 Å². The first-order valence-corrected chi connectivity index (χ1v) is 9.71. The Balaban J connectivity index is 1.52. The van der Waals surface area contributed by atoms with Gasteiger partial charge in [-0.25, -0.2) is 4.79 Å². The molecule has 0 aliphatic carbocycles. The van der Waals surface area contributed by atoms with Gasteiger partial charge in [0.15, 0.2) is 0 Å². The highest BCUT2D eigenvalue weighted by Crippen LogP contribution is 2.22. The van der Waals surface area contributed by atoms with E-state index in [2.05, 4.69) is 10.6 Å². The number of imide groups is 1. The molecule has 1 aliphatic rings. The molecule has 2 N–H and O–H groups in total. The molecule has 0 saturated carbocycles. The molecule has 1 saturated heterocycles. The number of carbonyl (C=O) groups excluding carboxylic acids is 3. The van der Waals surface area contributed by atoms with Gasteiger partial charge in [0.25, 0.3) is 5.24 Å². The number of carbonyl (C=O) groups is 3. The number of hydrogen-bond donors (Lipinski definition) is 2. The Morgan fingerprint density at radius 1 is 1.11 bits per heavy atom. The number of amides is 4. The van der Waals surface area contributed by atoms with Gasteiger partial charge in [-0.3, -0.25) is 14.5 Å². The predicted octanol–water partition coefficient (Wildman–Crippen LogP) is 4.51. The molecule has 0 atom stereocenters. The second-order valence-electron chi connectivity index (χ2n) is 5.77. The zero-order valence-electron chi connectivity index (χ0n) is 14.0. The number of anilines is 1. The van der Waals surface area contributed by atoms with Gasteiger partial charge in [-0.05, 0) is 35.4 Å². The number of nitrogens with one attached hydrogen (secondary N) is 2. The van der Waals surface area contributed by atoms with Crippen LogP contribution >= 0.6 is 35.0 Å². The number of hydrogen-bond acceptors (Lipinski definition) is 4. The van der Waals surface area contributed by atoms with Crippen LogP contribution in [0.5, 0.6) is 0 Å². The number of nitrogens with zero attached hydrogens (tertiary/aromatic N) is 1. The van der Waals surface area contributed by atoms with Gasteiger partial charge in [-0.1, -0.05) is 53.2 Å². The van der Waals surface area contributed by atoms with Gasteiger partial charge < -0.3 is 10.6 Å². The first-order valence-electron chi connectivity index (χ1n) is 7.97. The van der Waals surface area contributed by atoms with E-state index in [1.807, 2.05) is 0 Å². The highest BCUT2D eigenvalue weighted by Gasteiger charge is 2.29. The smallest absolute Gasteiger partial charge is 0.319 e. The van der Waals surface area contributed by atoms with Gasteiger partial charge in [0.2, 0.25) is 5.91 Å². The molecule has 6 nitrogen and oxygen atoms in total. The van der Waals surface area contributed by atoms with Crippen LogP contribution in [0.4, 0.5) is 15.3 Å². The third kappa shape index (κ3) is 5.15. The number of halogens is 2. The number of thioether (sulfide) groups is 1.